The summed E-state index contributed by atoms with van der Waals surface area (Å²) in [7, 11) is -3.59. The standard InChI is InChI=1S/C22H16N2O2S/c1-27(25,26)21-22(15-9-3-2-4-10-15)19-14-8-7-12-17(19)16-11-5-6-13-18(16)20(22)23-24-21/h2-14H,1H3. The Labute approximate surface area is 157 Å². The van der Waals surface area contributed by atoms with E-state index in [0.717, 1.165) is 27.8 Å². The summed E-state index contributed by atoms with van der Waals surface area (Å²) in [6.07, 6.45) is 1.21. The molecule has 0 fully saturated rings. The van der Waals surface area contributed by atoms with Crippen LogP contribution in [-0.2, 0) is 15.3 Å². The smallest absolute Gasteiger partial charge is 0.192 e. The molecule has 0 spiro atoms. The Bertz CT molecular complexity index is 1240. The predicted octanol–water partition coefficient (Wildman–Crippen LogP) is 3.81. The average Bonchev–Trinajstić information content (AvgIpc) is 3.11. The van der Waals surface area contributed by atoms with Gasteiger partial charge >= 0.3 is 0 Å². The van der Waals surface area contributed by atoms with E-state index in [1.165, 1.54) is 6.26 Å². The molecule has 0 bridgehead atoms. The second-order valence-corrected chi connectivity index (χ2v) is 8.76. The molecule has 132 valence electrons. The summed E-state index contributed by atoms with van der Waals surface area (Å²) in [6, 6.07) is 25.6. The van der Waals surface area contributed by atoms with Gasteiger partial charge in [-0.25, -0.2) is 8.42 Å². The predicted molar refractivity (Wildman–Crippen MR) is 108 cm³/mol. The molecule has 1 aliphatic heterocycles. The number of nitrogens with zero attached hydrogens (tertiary/aromatic N) is 2. The van der Waals surface area contributed by atoms with Gasteiger partial charge in [0.15, 0.2) is 14.9 Å². The monoisotopic (exact) mass is 372 g/mol. The van der Waals surface area contributed by atoms with Gasteiger partial charge in [0.25, 0.3) is 0 Å². The third kappa shape index (κ3) is 2.06. The van der Waals surface area contributed by atoms with Gasteiger partial charge < -0.3 is 0 Å². The second kappa shape index (κ2) is 5.47. The van der Waals surface area contributed by atoms with Gasteiger partial charge in [0.2, 0.25) is 0 Å². The lowest BCUT2D eigenvalue weighted by atomic mass is 9.64. The number of sulfone groups is 1. The van der Waals surface area contributed by atoms with Crippen LogP contribution in [0.5, 0.6) is 0 Å². The van der Waals surface area contributed by atoms with E-state index in [9.17, 15) is 8.42 Å². The van der Waals surface area contributed by atoms with Gasteiger partial charge in [-0.1, -0.05) is 78.9 Å². The first-order chi connectivity index (χ1) is 13.0. The fraction of sp³-hybridized carbons (Fsp3) is 0.0909. The highest BCUT2D eigenvalue weighted by atomic mass is 32.2. The zero-order valence-electron chi connectivity index (χ0n) is 14.6. The van der Waals surface area contributed by atoms with E-state index in [1.807, 2.05) is 78.9 Å². The highest BCUT2D eigenvalue weighted by Crippen LogP contribution is 2.50. The van der Waals surface area contributed by atoms with Crippen molar-refractivity contribution in [2.75, 3.05) is 6.26 Å². The Hall–Kier alpha value is -3.05. The normalized spacial score (nSPS) is 20.2. The van der Waals surface area contributed by atoms with Gasteiger partial charge in [0.05, 0.1) is 5.71 Å². The van der Waals surface area contributed by atoms with Crippen molar-refractivity contribution in [2.45, 2.75) is 5.41 Å². The lowest BCUT2D eigenvalue weighted by Gasteiger charge is -2.38. The second-order valence-electron chi connectivity index (χ2n) is 6.83. The molecule has 0 aromatic heterocycles. The van der Waals surface area contributed by atoms with Gasteiger partial charge in [-0.15, -0.1) is 5.10 Å². The number of benzene rings is 3. The third-order valence-electron chi connectivity index (χ3n) is 5.28. The zero-order chi connectivity index (χ0) is 18.6. The molecule has 0 N–H and O–H groups in total. The van der Waals surface area contributed by atoms with Crippen molar-refractivity contribution in [2.24, 2.45) is 10.2 Å². The van der Waals surface area contributed by atoms with Crippen molar-refractivity contribution in [3.63, 3.8) is 0 Å². The van der Waals surface area contributed by atoms with Gasteiger partial charge in [0, 0.05) is 11.8 Å². The van der Waals surface area contributed by atoms with E-state index in [2.05, 4.69) is 10.2 Å². The molecule has 27 heavy (non-hydrogen) atoms. The van der Waals surface area contributed by atoms with Gasteiger partial charge in [-0.05, 0) is 22.3 Å². The first-order valence-electron chi connectivity index (χ1n) is 8.66. The van der Waals surface area contributed by atoms with Gasteiger partial charge in [-0.2, -0.15) is 5.10 Å². The summed E-state index contributed by atoms with van der Waals surface area (Å²) < 4.78 is 25.6. The Balaban J connectivity index is 1.99. The number of hydrogen-bond donors (Lipinski definition) is 0. The van der Waals surface area contributed by atoms with Crippen LogP contribution in [0.25, 0.3) is 11.1 Å². The van der Waals surface area contributed by atoms with Crippen molar-refractivity contribution < 1.29 is 8.42 Å². The largest absolute Gasteiger partial charge is 0.223 e. The molecule has 0 saturated carbocycles. The number of rotatable bonds is 1. The molecular weight excluding hydrogens is 356 g/mol. The summed E-state index contributed by atoms with van der Waals surface area (Å²) >= 11 is 0. The molecule has 1 heterocycles. The van der Waals surface area contributed by atoms with E-state index in [-0.39, 0.29) is 5.04 Å². The maximum atomic E-state index is 12.8. The summed E-state index contributed by atoms with van der Waals surface area (Å²) in [6.45, 7) is 0. The maximum absolute atomic E-state index is 12.8. The van der Waals surface area contributed by atoms with Crippen molar-refractivity contribution >= 4 is 20.6 Å². The molecule has 5 heteroatoms. The molecule has 0 saturated heterocycles. The van der Waals surface area contributed by atoms with Gasteiger partial charge in [0.1, 0.15) is 5.41 Å². The quantitative estimate of drug-likeness (QED) is 0.652. The van der Waals surface area contributed by atoms with Crippen LogP contribution < -0.4 is 0 Å². The molecule has 0 radical (unpaired) electrons. The lowest BCUT2D eigenvalue weighted by Crippen LogP contribution is -2.48. The summed E-state index contributed by atoms with van der Waals surface area (Å²) in [4.78, 5) is 0. The molecule has 3 aromatic rings. The summed E-state index contributed by atoms with van der Waals surface area (Å²) in [5.74, 6) is 0. The Morgan fingerprint density at radius 2 is 1.30 bits per heavy atom. The Kier molecular flexibility index (Phi) is 3.27. The van der Waals surface area contributed by atoms with E-state index < -0.39 is 15.3 Å². The minimum Gasteiger partial charge on any atom is -0.223 e. The van der Waals surface area contributed by atoms with Crippen molar-refractivity contribution in [3.8, 4) is 11.1 Å². The zero-order valence-corrected chi connectivity index (χ0v) is 15.4. The molecule has 4 nitrogen and oxygen atoms in total. The lowest BCUT2D eigenvalue weighted by molar-refractivity contribution is 0.611. The van der Waals surface area contributed by atoms with Crippen LogP contribution in [-0.4, -0.2) is 25.4 Å². The molecular formula is C22H16N2O2S. The summed E-state index contributed by atoms with van der Waals surface area (Å²) in [5, 5.41) is 8.72. The average molecular weight is 372 g/mol. The highest BCUT2D eigenvalue weighted by Gasteiger charge is 2.55. The molecule has 1 unspecified atom stereocenters. The maximum Gasteiger partial charge on any atom is 0.192 e. The minimum atomic E-state index is -3.59. The van der Waals surface area contributed by atoms with Crippen LogP contribution in [0.1, 0.15) is 16.7 Å². The van der Waals surface area contributed by atoms with Crippen LogP contribution in [0.3, 0.4) is 0 Å². The molecule has 1 aliphatic carbocycles. The van der Waals surface area contributed by atoms with Crippen molar-refractivity contribution in [3.05, 3.63) is 95.6 Å². The Morgan fingerprint density at radius 1 is 0.704 bits per heavy atom. The fourth-order valence-electron chi connectivity index (χ4n) is 4.27. The van der Waals surface area contributed by atoms with Gasteiger partial charge in [-0.3, -0.25) is 0 Å². The van der Waals surface area contributed by atoms with E-state index in [0.29, 0.717) is 5.71 Å². The van der Waals surface area contributed by atoms with Crippen LogP contribution in [0.2, 0.25) is 0 Å². The van der Waals surface area contributed by atoms with E-state index in [1.54, 1.807) is 0 Å². The fourth-order valence-corrected chi connectivity index (χ4v) is 5.34. The van der Waals surface area contributed by atoms with Crippen molar-refractivity contribution in [1.29, 1.82) is 0 Å². The molecule has 2 aliphatic rings. The SMILES string of the molecule is CS(=O)(=O)C1=NN=C2c3ccccc3-c3ccccc3C21c1ccccc1. The van der Waals surface area contributed by atoms with Crippen LogP contribution in [0.15, 0.2) is 89.1 Å². The summed E-state index contributed by atoms with van der Waals surface area (Å²) in [5.41, 5.74) is 4.37. The highest BCUT2D eigenvalue weighted by molar-refractivity contribution is 8.06. The van der Waals surface area contributed by atoms with Crippen LogP contribution in [0.4, 0.5) is 0 Å². The first kappa shape index (κ1) is 16.1. The Morgan fingerprint density at radius 3 is 2.00 bits per heavy atom. The molecule has 0 amide bonds. The number of fused-ring (bicyclic) bond motifs is 6. The minimum absolute atomic E-state index is 0.0816. The van der Waals surface area contributed by atoms with Crippen molar-refractivity contribution in [1.82, 2.24) is 0 Å². The third-order valence-corrected chi connectivity index (χ3v) is 6.37. The van der Waals surface area contributed by atoms with Crippen LogP contribution in [0, 0.1) is 0 Å². The molecule has 1 atom stereocenters. The van der Waals surface area contributed by atoms with Crippen LogP contribution >= 0.6 is 0 Å². The number of hydrogen-bond acceptors (Lipinski definition) is 4. The molecule has 5 rings (SSSR count). The first-order valence-corrected chi connectivity index (χ1v) is 10.5. The van der Waals surface area contributed by atoms with E-state index in [4.69, 9.17) is 0 Å². The molecule has 3 aromatic carbocycles. The van der Waals surface area contributed by atoms with E-state index >= 15 is 0 Å². The topological polar surface area (TPSA) is 58.9 Å².